The van der Waals surface area contributed by atoms with E-state index in [1.807, 2.05) is 6.92 Å². The molecule has 21 heavy (non-hydrogen) atoms. The molecule has 0 aliphatic heterocycles. The average molecular weight is 309 g/mol. The van der Waals surface area contributed by atoms with Crippen LogP contribution in [0.15, 0.2) is 36.4 Å². The first-order valence-electron chi connectivity index (χ1n) is 6.19. The van der Waals surface area contributed by atoms with Crippen LogP contribution in [0.3, 0.4) is 0 Å². The fourth-order valence-corrected chi connectivity index (χ4v) is 1.96. The van der Waals surface area contributed by atoms with E-state index in [0.29, 0.717) is 16.5 Å². The highest BCUT2D eigenvalue weighted by molar-refractivity contribution is 6.30. The molecule has 1 amide bonds. The number of aryl methyl sites for hydroxylation is 1. The minimum absolute atomic E-state index is 0.0257. The maximum atomic E-state index is 13.0. The van der Waals surface area contributed by atoms with E-state index in [9.17, 15) is 9.18 Å². The molecule has 110 valence electrons. The van der Waals surface area contributed by atoms with Gasteiger partial charge in [-0.15, -0.1) is 0 Å². The predicted octanol–water partition coefficient (Wildman–Crippen LogP) is 3.39. The van der Waals surface area contributed by atoms with Crippen LogP contribution < -0.4 is 15.8 Å². The predicted molar refractivity (Wildman–Crippen MR) is 81.1 cm³/mol. The third kappa shape index (κ3) is 4.10. The first-order valence-corrected chi connectivity index (χ1v) is 6.57. The van der Waals surface area contributed by atoms with Crippen LogP contribution >= 0.6 is 11.6 Å². The fourth-order valence-electron chi connectivity index (χ4n) is 1.74. The van der Waals surface area contributed by atoms with Crippen molar-refractivity contribution >= 4 is 28.9 Å². The van der Waals surface area contributed by atoms with Crippen molar-refractivity contribution in [3.63, 3.8) is 0 Å². The average Bonchev–Trinajstić information content (AvgIpc) is 2.42. The van der Waals surface area contributed by atoms with Gasteiger partial charge >= 0.3 is 0 Å². The number of carbonyl (C=O) groups is 1. The number of ether oxygens (including phenoxy) is 1. The summed E-state index contributed by atoms with van der Waals surface area (Å²) in [4.78, 5) is 11.8. The topological polar surface area (TPSA) is 64.3 Å². The van der Waals surface area contributed by atoms with Crippen LogP contribution in [0.25, 0.3) is 0 Å². The highest BCUT2D eigenvalue weighted by Crippen LogP contribution is 2.22. The zero-order valence-corrected chi connectivity index (χ0v) is 12.1. The molecule has 0 fully saturated rings. The lowest BCUT2D eigenvalue weighted by Gasteiger charge is -2.10. The summed E-state index contributed by atoms with van der Waals surface area (Å²) in [5.74, 6) is -0.315. The molecule has 0 unspecified atom stereocenters. The van der Waals surface area contributed by atoms with Gasteiger partial charge in [-0.1, -0.05) is 11.6 Å². The van der Waals surface area contributed by atoms with E-state index >= 15 is 0 Å². The van der Waals surface area contributed by atoms with Crippen LogP contribution in [0.1, 0.15) is 5.56 Å². The van der Waals surface area contributed by atoms with Gasteiger partial charge in [0.1, 0.15) is 11.6 Å². The normalized spacial score (nSPS) is 10.2. The number of hydrogen-bond acceptors (Lipinski definition) is 3. The summed E-state index contributed by atoms with van der Waals surface area (Å²) in [6.07, 6.45) is 0. The van der Waals surface area contributed by atoms with Crippen molar-refractivity contribution in [3.8, 4) is 5.75 Å². The molecule has 6 heteroatoms. The minimum Gasteiger partial charge on any atom is -0.483 e. The summed E-state index contributed by atoms with van der Waals surface area (Å²) in [5.41, 5.74) is 6.65. The number of nitrogen functional groups attached to an aromatic ring is 1. The molecule has 0 saturated carbocycles. The number of amides is 1. The van der Waals surface area contributed by atoms with Crippen LogP contribution in [0.5, 0.6) is 5.75 Å². The molecule has 0 heterocycles. The second-order valence-electron chi connectivity index (χ2n) is 4.48. The Morgan fingerprint density at radius 3 is 2.76 bits per heavy atom. The van der Waals surface area contributed by atoms with Crippen molar-refractivity contribution in [2.24, 2.45) is 0 Å². The number of rotatable bonds is 4. The summed E-state index contributed by atoms with van der Waals surface area (Å²) in [5, 5.41) is 3.18. The van der Waals surface area contributed by atoms with Crippen molar-refractivity contribution in [1.82, 2.24) is 0 Å². The number of nitrogens with two attached hydrogens (primary N) is 1. The van der Waals surface area contributed by atoms with Gasteiger partial charge in [0.25, 0.3) is 5.91 Å². The molecule has 2 aromatic rings. The minimum atomic E-state index is -0.527. The van der Waals surface area contributed by atoms with Crippen molar-refractivity contribution in [1.29, 1.82) is 0 Å². The van der Waals surface area contributed by atoms with Gasteiger partial charge in [-0.2, -0.15) is 0 Å². The number of carbonyl (C=O) groups excluding carboxylic acids is 1. The van der Waals surface area contributed by atoms with Crippen LogP contribution in [-0.2, 0) is 4.79 Å². The van der Waals surface area contributed by atoms with Gasteiger partial charge in [0.05, 0.1) is 5.69 Å². The third-order valence-electron chi connectivity index (χ3n) is 2.78. The Morgan fingerprint density at radius 2 is 2.10 bits per heavy atom. The standard InChI is InChI=1S/C15H14ClFN2O2/c1-9-6-10(16)2-5-14(9)21-8-15(20)19-11-3-4-12(17)13(18)7-11/h2-7H,8,18H2,1H3,(H,19,20). The molecule has 0 aliphatic carbocycles. The molecule has 0 radical (unpaired) electrons. The maximum absolute atomic E-state index is 13.0. The van der Waals surface area contributed by atoms with Gasteiger partial charge in [0.15, 0.2) is 6.61 Å². The van der Waals surface area contributed by atoms with E-state index in [2.05, 4.69) is 5.32 Å². The van der Waals surface area contributed by atoms with E-state index in [4.69, 9.17) is 22.1 Å². The Balaban J connectivity index is 1.94. The van der Waals surface area contributed by atoms with Gasteiger partial charge in [-0.3, -0.25) is 4.79 Å². The number of hydrogen-bond donors (Lipinski definition) is 2. The maximum Gasteiger partial charge on any atom is 0.262 e. The highest BCUT2D eigenvalue weighted by Gasteiger charge is 2.07. The molecule has 0 bridgehead atoms. The summed E-state index contributed by atoms with van der Waals surface area (Å²) in [7, 11) is 0. The fraction of sp³-hybridized carbons (Fsp3) is 0.133. The van der Waals surface area contributed by atoms with Gasteiger partial charge in [-0.05, 0) is 48.9 Å². The largest absolute Gasteiger partial charge is 0.483 e. The number of halogens is 2. The van der Waals surface area contributed by atoms with Crippen molar-refractivity contribution < 1.29 is 13.9 Å². The molecular formula is C15H14ClFN2O2. The Hall–Kier alpha value is -2.27. The Bertz CT molecular complexity index is 677. The van der Waals surface area contributed by atoms with Gasteiger partial charge < -0.3 is 15.8 Å². The van der Waals surface area contributed by atoms with Gasteiger partial charge in [0.2, 0.25) is 0 Å². The first-order chi connectivity index (χ1) is 9.95. The van der Waals surface area contributed by atoms with E-state index < -0.39 is 5.82 Å². The van der Waals surface area contributed by atoms with Crippen LogP contribution in [0, 0.1) is 12.7 Å². The van der Waals surface area contributed by atoms with Crippen LogP contribution in [0.4, 0.5) is 15.8 Å². The Kier molecular flexibility index (Phi) is 4.65. The van der Waals surface area contributed by atoms with Crippen molar-refractivity contribution in [2.75, 3.05) is 17.7 Å². The van der Waals surface area contributed by atoms with E-state index in [0.717, 1.165) is 5.56 Å². The lowest BCUT2D eigenvalue weighted by Crippen LogP contribution is -2.20. The summed E-state index contributed by atoms with van der Waals surface area (Å²) < 4.78 is 18.4. The zero-order chi connectivity index (χ0) is 15.4. The van der Waals surface area contributed by atoms with E-state index in [1.54, 1.807) is 18.2 Å². The number of benzene rings is 2. The summed E-state index contributed by atoms with van der Waals surface area (Å²) in [6, 6.07) is 9.09. The van der Waals surface area contributed by atoms with Gasteiger partial charge in [-0.25, -0.2) is 4.39 Å². The molecule has 0 aromatic heterocycles. The SMILES string of the molecule is Cc1cc(Cl)ccc1OCC(=O)Nc1ccc(F)c(N)c1. The third-order valence-corrected chi connectivity index (χ3v) is 3.01. The summed E-state index contributed by atoms with van der Waals surface area (Å²) >= 11 is 5.84. The molecule has 2 aromatic carbocycles. The Morgan fingerprint density at radius 1 is 1.33 bits per heavy atom. The van der Waals surface area contributed by atoms with Gasteiger partial charge in [0, 0.05) is 10.7 Å². The monoisotopic (exact) mass is 308 g/mol. The molecule has 2 rings (SSSR count). The molecule has 4 nitrogen and oxygen atoms in total. The van der Waals surface area contributed by atoms with Crippen molar-refractivity contribution in [2.45, 2.75) is 6.92 Å². The molecular weight excluding hydrogens is 295 g/mol. The first kappa shape index (κ1) is 15.1. The zero-order valence-electron chi connectivity index (χ0n) is 11.3. The second-order valence-corrected chi connectivity index (χ2v) is 4.92. The smallest absolute Gasteiger partial charge is 0.262 e. The Labute approximate surface area is 126 Å². The number of anilines is 2. The van der Waals surface area contributed by atoms with E-state index in [-0.39, 0.29) is 18.2 Å². The quantitative estimate of drug-likeness (QED) is 0.851. The molecule has 0 spiro atoms. The number of nitrogens with one attached hydrogen (secondary N) is 1. The summed E-state index contributed by atoms with van der Waals surface area (Å²) in [6.45, 7) is 1.67. The molecule has 0 saturated heterocycles. The van der Waals surface area contributed by atoms with E-state index in [1.165, 1.54) is 18.2 Å². The van der Waals surface area contributed by atoms with Crippen LogP contribution in [0.2, 0.25) is 5.02 Å². The molecule has 3 N–H and O–H groups in total. The lowest BCUT2D eigenvalue weighted by atomic mass is 10.2. The highest BCUT2D eigenvalue weighted by atomic mass is 35.5. The second kappa shape index (κ2) is 6.45. The van der Waals surface area contributed by atoms with Crippen molar-refractivity contribution in [3.05, 3.63) is 52.8 Å². The van der Waals surface area contributed by atoms with Crippen LogP contribution in [-0.4, -0.2) is 12.5 Å². The molecule has 0 aliphatic rings. The molecule has 0 atom stereocenters. The lowest BCUT2D eigenvalue weighted by molar-refractivity contribution is -0.118.